The smallest absolute Gasteiger partial charge is 0.311 e. The number of nitrogens with zero attached hydrogens (tertiary/aromatic N) is 1. The molecule has 4 rings (SSSR count). The summed E-state index contributed by atoms with van der Waals surface area (Å²) in [6.07, 6.45) is 4.54. The van der Waals surface area contributed by atoms with Gasteiger partial charge in [-0.25, -0.2) is 0 Å². The van der Waals surface area contributed by atoms with Crippen LogP contribution in [0, 0.1) is 5.89 Å². The van der Waals surface area contributed by atoms with Crippen LogP contribution in [-0.4, -0.2) is 40.6 Å². The van der Waals surface area contributed by atoms with Crippen molar-refractivity contribution in [3.63, 3.8) is 0 Å². The van der Waals surface area contributed by atoms with Gasteiger partial charge in [-0.1, -0.05) is 18.2 Å². The van der Waals surface area contributed by atoms with Crippen LogP contribution >= 0.6 is 0 Å². The monoisotopic (exact) mass is 269 g/mol. The molecule has 1 aliphatic heterocycles. The Morgan fingerprint density at radius 1 is 1.55 bits per heavy atom. The van der Waals surface area contributed by atoms with Crippen LogP contribution in [0.2, 0.25) is 0 Å². The molecule has 1 aliphatic carbocycles. The number of nitrogens with one attached hydrogen (secondary N) is 1. The van der Waals surface area contributed by atoms with Crippen LogP contribution < -0.4 is 0 Å². The van der Waals surface area contributed by atoms with Crippen molar-refractivity contribution in [2.75, 3.05) is 13.6 Å². The fraction of sp³-hybridized carbons (Fsp3) is 0.312. The fourth-order valence-electron chi connectivity index (χ4n) is 3.46. The first-order chi connectivity index (χ1) is 9.99. The van der Waals surface area contributed by atoms with Crippen molar-refractivity contribution < 1.29 is 11.3 Å². The normalized spacial score (nSPS) is 29.8. The fourth-order valence-corrected chi connectivity index (χ4v) is 3.46. The first kappa shape index (κ1) is 10.7. The van der Waals surface area contributed by atoms with Crippen molar-refractivity contribution >= 4 is 22.4 Å². The molecule has 2 N–H and O–H groups in total. The number of carbonyl (C=O) groups is 1. The van der Waals surface area contributed by atoms with E-state index in [1.165, 1.54) is 10.9 Å². The van der Waals surface area contributed by atoms with E-state index in [4.69, 9.17) is 1.37 Å². The first-order valence-electron chi connectivity index (χ1n) is 7.25. The molecule has 0 fully saturated rings. The summed E-state index contributed by atoms with van der Waals surface area (Å²) in [6, 6.07) is 6.18. The number of hydrogen-bond donors (Lipinski definition) is 2. The third kappa shape index (κ3) is 1.48. The van der Waals surface area contributed by atoms with Gasteiger partial charge in [-0.2, -0.15) is 0 Å². The number of aromatic nitrogens is 1. The number of carboxylic acid groups (broad SMARTS) is 1. The minimum Gasteiger partial charge on any atom is -0.481 e. The highest BCUT2D eigenvalue weighted by atomic mass is 16.4. The molecule has 20 heavy (non-hydrogen) atoms. The molecular weight excluding hydrogens is 252 g/mol. The zero-order chi connectivity index (χ0) is 14.8. The second-order valence-electron chi connectivity index (χ2n) is 5.61. The summed E-state index contributed by atoms with van der Waals surface area (Å²) in [7, 11) is 1.90. The average Bonchev–Trinajstić information content (AvgIpc) is 2.85. The summed E-state index contributed by atoms with van der Waals surface area (Å²) in [5.74, 6) is -2.66. The Morgan fingerprint density at radius 3 is 3.20 bits per heavy atom. The summed E-state index contributed by atoms with van der Waals surface area (Å²) in [5.41, 5.74) is 4.37. The molecular formula is C16H16N2O2. The number of H-pyrrole nitrogens is 1. The average molecular weight is 269 g/mol. The van der Waals surface area contributed by atoms with E-state index in [1.54, 1.807) is 6.08 Å². The van der Waals surface area contributed by atoms with Gasteiger partial charge >= 0.3 is 5.97 Å². The van der Waals surface area contributed by atoms with E-state index in [-0.39, 0.29) is 12.6 Å². The van der Waals surface area contributed by atoms with E-state index < -0.39 is 11.9 Å². The predicted octanol–water partition coefficient (Wildman–Crippen LogP) is 2.12. The Bertz CT molecular complexity index is 795. The maximum absolute atomic E-state index is 11.5. The van der Waals surface area contributed by atoms with E-state index in [1.807, 2.05) is 36.3 Å². The highest BCUT2D eigenvalue weighted by Crippen LogP contribution is 2.40. The number of likely N-dealkylation sites (N-methyl/N-ethyl adjacent to an activating group) is 1. The van der Waals surface area contributed by atoms with Crippen molar-refractivity contribution in [1.29, 1.82) is 0 Å². The van der Waals surface area contributed by atoms with Crippen LogP contribution in [-0.2, 0) is 11.2 Å². The molecule has 0 saturated carbocycles. The lowest BCUT2D eigenvalue weighted by Gasteiger charge is -2.38. The molecule has 0 amide bonds. The lowest BCUT2D eigenvalue weighted by molar-refractivity contribution is -0.140. The topological polar surface area (TPSA) is 56.3 Å². The van der Waals surface area contributed by atoms with Gasteiger partial charge in [0, 0.05) is 31.1 Å². The quantitative estimate of drug-likeness (QED) is 0.833. The van der Waals surface area contributed by atoms with Gasteiger partial charge in [0.25, 0.3) is 0 Å². The molecule has 2 aliphatic rings. The Hall–Kier alpha value is -2.07. The van der Waals surface area contributed by atoms with Gasteiger partial charge in [0.1, 0.15) is 0 Å². The summed E-state index contributed by atoms with van der Waals surface area (Å²) < 4.78 is 8.24. The minimum absolute atomic E-state index is 0.150. The lowest BCUT2D eigenvalue weighted by Crippen LogP contribution is -2.44. The number of benzene rings is 1. The van der Waals surface area contributed by atoms with Gasteiger partial charge in [0.05, 0.1) is 5.89 Å². The molecule has 4 heteroatoms. The largest absolute Gasteiger partial charge is 0.481 e. The summed E-state index contributed by atoms with van der Waals surface area (Å²) in [6.45, 7) is 0.215. The molecule has 0 unspecified atom stereocenters. The molecule has 1 aromatic heterocycles. The number of fused-ring (bicyclic) bond motifs is 2. The molecule has 0 spiro atoms. The zero-order valence-corrected chi connectivity index (χ0v) is 11.2. The van der Waals surface area contributed by atoms with Crippen molar-refractivity contribution in [2.45, 2.75) is 12.5 Å². The summed E-state index contributed by atoms with van der Waals surface area (Å²) >= 11 is 0. The number of rotatable bonds is 1. The first-order valence-corrected chi connectivity index (χ1v) is 6.75. The Balaban J connectivity index is 2.00. The summed E-state index contributed by atoms with van der Waals surface area (Å²) in [5, 5.41) is 10.6. The maximum Gasteiger partial charge on any atom is 0.311 e. The molecule has 0 bridgehead atoms. The van der Waals surface area contributed by atoms with Crippen molar-refractivity contribution in [2.24, 2.45) is 5.89 Å². The maximum atomic E-state index is 11.5. The lowest BCUT2D eigenvalue weighted by atomic mass is 9.80. The number of hydrogen-bond acceptors (Lipinski definition) is 2. The third-order valence-electron chi connectivity index (χ3n) is 4.43. The van der Waals surface area contributed by atoms with Gasteiger partial charge in [0.2, 0.25) is 0 Å². The molecule has 2 heterocycles. The summed E-state index contributed by atoms with van der Waals surface area (Å²) in [4.78, 5) is 16.7. The zero-order valence-electron chi connectivity index (χ0n) is 12.2. The van der Waals surface area contributed by atoms with Crippen LogP contribution in [0.5, 0.6) is 0 Å². The van der Waals surface area contributed by atoms with E-state index >= 15 is 0 Å². The van der Waals surface area contributed by atoms with Gasteiger partial charge in [0.15, 0.2) is 0 Å². The van der Waals surface area contributed by atoms with Crippen LogP contribution in [0.25, 0.3) is 16.5 Å². The van der Waals surface area contributed by atoms with Crippen molar-refractivity contribution in [3.8, 4) is 0 Å². The number of carboxylic acids is 1. The minimum atomic E-state index is -1.57. The van der Waals surface area contributed by atoms with Crippen molar-refractivity contribution in [3.05, 3.63) is 41.6 Å². The van der Waals surface area contributed by atoms with Gasteiger partial charge in [-0.05, 0) is 36.2 Å². The van der Waals surface area contributed by atoms with E-state index in [2.05, 4.69) is 4.98 Å². The molecule has 0 saturated heterocycles. The van der Waals surface area contributed by atoms with Gasteiger partial charge < -0.3 is 10.1 Å². The Kier molecular flexibility index (Phi) is 2.12. The van der Waals surface area contributed by atoms with Crippen molar-refractivity contribution in [1.82, 2.24) is 9.88 Å². The van der Waals surface area contributed by atoms with E-state index in [0.29, 0.717) is 0 Å². The van der Waals surface area contributed by atoms with E-state index in [0.717, 1.165) is 23.1 Å². The van der Waals surface area contributed by atoms with Gasteiger partial charge in [-0.3, -0.25) is 9.69 Å². The number of aliphatic carboxylic acids is 1. The second-order valence-corrected chi connectivity index (χ2v) is 5.61. The second kappa shape index (κ2) is 3.96. The highest BCUT2D eigenvalue weighted by Gasteiger charge is 2.35. The van der Waals surface area contributed by atoms with E-state index in [9.17, 15) is 9.90 Å². The third-order valence-corrected chi connectivity index (χ3v) is 4.43. The SMILES string of the molecule is [2H][C@@]1(C(=O)O)C=C2c3cccc4[nH]cc(c34)C[C@H]2N(C)C1. The van der Waals surface area contributed by atoms with Crippen LogP contribution in [0.3, 0.4) is 0 Å². The molecule has 2 atom stereocenters. The molecule has 2 aromatic rings. The Labute approximate surface area is 118 Å². The standard InChI is InChI=1S/C16H16N2O2/c1-18-8-10(16(19)20)5-12-11-3-2-4-13-15(11)9(7-17-13)6-14(12)18/h2-5,7,10,14,17H,6,8H2,1H3,(H,19,20)/t10-,14-/m1/s1/i10D. The Morgan fingerprint density at radius 2 is 2.40 bits per heavy atom. The van der Waals surface area contributed by atoms with Crippen LogP contribution in [0.1, 0.15) is 12.5 Å². The molecule has 1 aromatic carbocycles. The molecule has 0 radical (unpaired) electrons. The highest BCUT2D eigenvalue weighted by molar-refractivity contribution is 5.99. The van der Waals surface area contributed by atoms with Crippen LogP contribution in [0.15, 0.2) is 30.5 Å². The predicted molar refractivity (Wildman–Crippen MR) is 77.5 cm³/mol. The molecule has 102 valence electrons. The van der Waals surface area contributed by atoms with Gasteiger partial charge in [-0.15, -0.1) is 0 Å². The number of aromatic amines is 1. The molecule has 4 nitrogen and oxygen atoms in total. The van der Waals surface area contributed by atoms with Crippen LogP contribution in [0.4, 0.5) is 0 Å².